The molecule has 29 heavy (non-hydrogen) atoms. The van der Waals surface area contributed by atoms with E-state index in [1.54, 1.807) is 0 Å². The van der Waals surface area contributed by atoms with Crippen molar-refractivity contribution in [1.29, 1.82) is 0 Å². The molecule has 0 amide bonds. The standard InChI is InChI=1S/C25H38O4/c1-15(5-10-22(27)28-4)18-8-9-19-20-7-6-16-13-17-11-12-24(16,3)25(20,29-17)21(26)14-23(18,19)2/h15-20H,5-14H2,1-4H3. The van der Waals surface area contributed by atoms with Crippen LogP contribution in [0.4, 0.5) is 0 Å². The van der Waals surface area contributed by atoms with E-state index in [9.17, 15) is 9.59 Å². The quantitative estimate of drug-likeness (QED) is 0.625. The smallest absolute Gasteiger partial charge is 0.305 e. The number of Topliss-reactive ketones (excluding diaryl/α,β-unsaturated/α-hetero) is 1. The first-order chi connectivity index (χ1) is 13.8. The Labute approximate surface area is 175 Å². The van der Waals surface area contributed by atoms with Gasteiger partial charge >= 0.3 is 5.97 Å². The van der Waals surface area contributed by atoms with Crippen molar-refractivity contribution >= 4 is 11.8 Å². The minimum Gasteiger partial charge on any atom is -0.469 e. The van der Waals surface area contributed by atoms with Gasteiger partial charge in [-0.1, -0.05) is 20.8 Å². The van der Waals surface area contributed by atoms with E-state index in [4.69, 9.17) is 9.47 Å². The molecule has 6 rings (SSSR count). The lowest BCUT2D eigenvalue weighted by Crippen LogP contribution is -2.75. The monoisotopic (exact) mass is 402 g/mol. The van der Waals surface area contributed by atoms with Crippen LogP contribution in [0.5, 0.6) is 0 Å². The maximum Gasteiger partial charge on any atom is 0.305 e. The van der Waals surface area contributed by atoms with E-state index >= 15 is 0 Å². The number of hydrogen-bond acceptors (Lipinski definition) is 4. The van der Waals surface area contributed by atoms with E-state index in [1.807, 2.05) is 0 Å². The number of carbonyl (C=O) groups is 2. The predicted molar refractivity (Wildman–Crippen MR) is 110 cm³/mol. The van der Waals surface area contributed by atoms with Crippen LogP contribution in [0.15, 0.2) is 0 Å². The second-order valence-corrected chi connectivity index (χ2v) is 11.5. The fraction of sp³-hybridized carbons (Fsp3) is 0.920. The van der Waals surface area contributed by atoms with Gasteiger partial charge in [-0.25, -0.2) is 0 Å². The van der Waals surface area contributed by atoms with Gasteiger partial charge in [0, 0.05) is 18.3 Å². The number of esters is 1. The molecule has 2 saturated heterocycles. The molecule has 6 fully saturated rings. The van der Waals surface area contributed by atoms with Crippen molar-refractivity contribution in [2.24, 2.45) is 40.4 Å². The highest BCUT2D eigenvalue weighted by molar-refractivity contribution is 5.91. The summed E-state index contributed by atoms with van der Waals surface area (Å²) >= 11 is 0. The Morgan fingerprint density at radius 3 is 2.69 bits per heavy atom. The van der Waals surface area contributed by atoms with E-state index in [1.165, 1.54) is 45.6 Å². The van der Waals surface area contributed by atoms with Gasteiger partial charge in [0.1, 0.15) is 5.60 Å². The molecule has 0 N–H and O–H groups in total. The van der Waals surface area contributed by atoms with Gasteiger partial charge in [0.2, 0.25) is 0 Å². The summed E-state index contributed by atoms with van der Waals surface area (Å²) in [5.74, 6) is 2.93. The summed E-state index contributed by atoms with van der Waals surface area (Å²) in [5.41, 5.74) is -0.380. The highest BCUT2D eigenvalue weighted by Gasteiger charge is 2.74. The second-order valence-electron chi connectivity index (χ2n) is 11.5. The molecular weight excluding hydrogens is 364 g/mol. The Bertz CT molecular complexity index is 718. The molecule has 4 nitrogen and oxygen atoms in total. The molecule has 0 aromatic carbocycles. The number of methoxy groups -OCH3 is 1. The van der Waals surface area contributed by atoms with E-state index in [0.29, 0.717) is 54.3 Å². The van der Waals surface area contributed by atoms with Crippen molar-refractivity contribution in [2.45, 2.75) is 96.7 Å². The summed E-state index contributed by atoms with van der Waals surface area (Å²) in [4.78, 5) is 25.7. The Hall–Kier alpha value is -0.900. The van der Waals surface area contributed by atoms with Crippen LogP contribution in [0.3, 0.4) is 0 Å². The third-order valence-corrected chi connectivity index (χ3v) is 10.6. The largest absolute Gasteiger partial charge is 0.469 e. The van der Waals surface area contributed by atoms with Crippen LogP contribution in [0.2, 0.25) is 0 Å². The van der Waals surface area contributed by atoms with E-state index in [-0.39, 0.29) is 16.8 Å². The normalized spacial score (nSPS) is 51.3. The highest BCUT2D eigenvalue weighted by atomic mass is 16.5. The van der Waals surface area contributed by atoms with Gasteiger partial charge in [-0.05, 0) is 86.4 Å². The molecule has 0 aromatic heterocycles. The van der Waals surface area contributed by atoms with Gasteiger partial charge in [0.05, 0.1) is 13.2 Å². The van der Waals surface area contributed by atoms with E-state index in [2.05, 4.69) is 20.8 Å². The van der Waals surface area contributed by atoms with Crippen LogP contribution in [0.1, 0.15) is 85.0 Å². The molecule has 6 aliphatic rings. The summed E-state index contributed by atoms with van der Waals surface area (Å²) in [6, 6.07) is 0. The van der Waals surface area contributed by atoms with Crippen LogP contribution < -0.4 is 0 Å². The molecule has 4 saturated carbocycles. The average Bonchev–Trinajstić information content (AvgIpc) is 3.02. The summed E-state index contributed by atoms with van der Waals surface area (Å²) in [6.07, 6.45) is 10.7. The van der Waals surface area contributed by atoms with Crippen LogP contribution in [-0.2, 0) is 19.1 Å². The van der Waals surface area contributed by atoms with Crippen molar-refractivity contribution in [3.8, 4) is 0 Å². The molecule has 0 radical (unpaired) electrons. The van der Waals surface area contributed by atoms with Gasteiger partial charge in [0.15, 0.2) is 5.78 Å². The van der Waals surface area contributed by atoms with Crippen molar-refractivity contribution in [2.75, 3.05) is 7.11 Å². The maximum atomic E-state index is 14.0. The lowest BCUT2D eigenvalue weighted by atomic mass is 9.40. The Kier molecular flexibility index (Phi) is 4.52. The molecule has 4 heteroatoms. The van der Waals surface area contributed by atoms with Crippen molar-refractivity contribution < 1.29 is 19.1 Å². The fourth-order valence-electron chi connectivity index (χ4n) is 9.24. The molecule has 4 aliphatic carbocycles. The van der Waals surface area contributed by atoms with Crippen molar-refractivity contribution in [1.82, 2.24) is 0 Å². The number of ether oxygens (including phenoxy) is 2. The minimum atomic E-state index is -0.495. The van der Waals surface area contributed by atoms with Crippen LogP contribution in [0.25, 0.3) is 0 Å². The first-order valence-electron chi connectivity index (χ1n) is 12.0. The molecule has 1 spiro atoms. The summed E-state index contributed by atoms with van der Waals surface area (Å²) in [6.45, 7) is 7.07. The Balaban J connectivity index is 1.44. The lowest BCUT2D eigenvalue weighted by molar-refractivity contribution is -0.307. The molecule has 9 atom stereocenters. The first-order valence-corrected chi connectivity index (χ1v) is 12.0. The summed E-state index contributed by atoms with van der Waals surface area (Å²) < 4.78 is 11.7. The molecule has 9 unspecified atom stereocenters. The molecule has 0 aromatic rings. The SMILES string of the molecule is COC(=O)CCC(C)C1CCC2C3CCC4CC5CCC4(C)C3(O5)C(=O)CC12C. The molecular formula is C25H38O4. The van der Waals surface area contributed by atoms with Gasteiger partial charge in [-0.3, -0.25) is 9.59 Å². The average molecular weight is 403 g/mol. The summed E-state index contributed by atoms with van der Waals surface area (Å²) in [5, 5.41) is 0. The third-order valence-electron chi connectivity index (χ3n) is 10.6. The molecule has 162 valence electrons. The molecule has 2 aliphatic heterocycles. The topological polar surface area (TPSA) is 52.6 Å². The van der Waals surface area contributed by atoms with Crippen LogP contribution in [0, 0.1) is 40.4 Å². The van der Waals surface area contributed by atoms with Crippen LogP contribution >= 0.6 is 0 Å². The third kappa shape index (κ3) is 2.47. The number of ketones is 1. The zero-order valence-electron chi connectivity index (χ0n) is 18.7. The maximum absolute atomic E-state index is 14.0. The number of carbonyl (C=O) groups excluding carboxylic acids is 2. The Morgan fingerprint density at radius 2 is 1.93 bits per heavy atom. The van der Waals surface area contributed by atoms with Gasteiger partial charge in [0.25, 0.3) is 0 Å². The lowest BCUT2D eigenvalue weighted by Gasteiger charge is -2.70. The van der Waals surface area contributed by atoms with Gasteiger partial charge < -0.3 is 9.47 Å². The summed E-state index contributed by atoms with van der Waals surface area (Å²) in [7, 11) is 1.47. The zero-order valence-corrected chi connectivity index (χ0v) is 18.7. The fourth-order valence-corrected chi connectivity index (χ4v) is 9.24. The van der Waals surface area contributed by atoms with Gasteiger partial charge in [-0.15, -0.1) is 0 Å². The first kappa shape index (κ1) is 20.0. The molecule has 2 heterocycles. The second kappa shape index (κ2) is 6.55. The predicted octanol–water partition coefficient (Wildman–Crippen LogP) is 4.94. The highest BCUT2D eigenvalue weighted by Crippen LogP contribution is 2.72. The van der Waals surface area contributed by atoms with E-state index in [0.717, 1.165) is 12.8 Å². The van der Waals surface area contributed by atoms with Gasteiger partial charge in [-0.2, -0.15) is 0 Å². The van der Waals surface area contributed by atoms with Crippen LogP contribution in [-0.4, -0.2) is 30.6 Å². The number of rotatable bonds is 4. The van der Waals surface area contributed by atoms with E-state index < -0.39 is 5.60 Å². The van der Waals surface area contributed by atoms with Crippen molar-refractivity contribution in [3.05, 3.63) is 0 Å². The zero-order chi connectivity index (χ0) is 20.6. The minimum absolute atomic E-state index is 0.0532. The molecule has 4 bridgehead atoms. The number of fused-ring (bicyclic) bond motifs is 3. The van der Waals surface area contributed by atoms with Crippen molar-refractivity contribution in [3.63, 3.8) is 0 Å². The number of hydrogen-bond donors (Lipinski definition) is 0. The Morgan fingerprint density at radius 1 is 1.17 bits per heavy atom.